The van der Waals surface area contributed by atoms with Crippen molar-refractivity contribution in [1.29, 1.82) is 0 Å². The Bertz CT molecular complexity index is 625. The van der Waals surface area contributed by atoms with E-state index in [4.69, 9.17) is 15.7 Å². The minimum absolute atomic E-state index is 0.0514. The fourth-order valence-corrected chi connectivity index (χ4v) is 1.68. The molecule has 1 aromatic carbocycles. The minimum atomic E-state index is -0.600. The summed E-state index contributed by atoms with van der Waals surface area (Å²) < 4.78 is 21.0. The zero-order valence-electron chi connectivity index (χ0n) is 11.0. The Morgan fingerprint density at radius 1 is 1.55 bits per heavy atom. The van der Waals surface area contributed by atoms with Gasteiger partial charge in [-0.25, -0.2) is 4.39 Å². The van der Waals surface area contributed by atoms with Crippen molar-refractivity contribution in [2.24, 2.45) is 10.9 Å². The molecule has 0 bridgehead atoms. The lowest BCUT2D eigenvalue weighted by molar-refractivity contribution is 0.318. The summed E-state index contributed by atoms with van der Waals surface area (Å²) in [5.41, 5.74) is 5.66. The molecule has 106 valence electrons. The lowest BCUT2D eigenvalue weighted by atomic mass is 10.2. The summed E-state index contributed by atoms with van der Waals surface area (Å²) in [6, 6.07) is 4.06. The zero-order valence-corrected chi connectivity index (χ0v) is 11.0. The van der Waals surface area contributed by atoms with Crippen LogP contribution in [0.15, 0.2) is 35.7 Å². The maximum atomic E-state index is 13.8. The predicted molar refractivity (Wildman–Crippen MR) is 71.5 cm³/mol. The van der Waals surface area contributed by atoms with Crippen LogP contribution < -0.4 is 10.5 Å². The van der Waals surface area contributed by atoms with Crippen LogP contribution in [0, 0.1) is 5.82 Å². The molecule has 2 aromatic rings. The van der Waals surface area contributed by atoms with Gasteiger partial charge in [-0.15, -0.1) is 0 Å². The highest BCUT2D eigenvalue weighted by atomic mass is 19.1. The van der Waals surface area contributed by atoms with Crippen molar-refractivity contribution in [3.63, 3.8) is 0 Å². The van der Waals surface area contributed by atoms with Crippen molar-refractivity contribution in [3.8, 4) is 11.5 Å². The highest BCUT2D eigenvalue weighted by Crippen LogP contribution is 2.24. The van der Waals surface area contributed by atoms with Crippen molar-refractivity contribution in [2.45, 2.75) is 19.9 Å². The second kappa shape index (κ2) is 6.05. The molecule has 6 nitrogen and oxygen atoms in total. The van der Waals surface area contributed by atoms with Gasteiger partial charge < -0.3 is 15.7 Å². The standard InChI is InChI=1S/C13H15FN4O2/c1-2-5-18-8-10(7-16-18)20-12-4-3-9(6-11(12)14)13(15)17-19/h3-4,6-8,19H,2,5H2,1H3,(H2,15,17). The van der Waals surface area contributed by atoms with Crippen LogP contribution in [0.3, 0.4) is 0 Å². The number of rotatable bonds is 5. The average Bonchev–Trinajstić information content (AvgIpc) is 2.88. The van der Waals surface area contributed by atoms with E-state index in [-0.39, 0.29) is 17.1 Å². The molecule has 0 aliphatic rings. The number of benzene rings is 1. The fraction of sp³-hybridized carbons (Fsp3) is 0.231. The molecule has 0 fully saturated rings. The van der Waals surface area contributed by atoms with Crippen molar-refractivity contribution in [3.05, 3.63) is 42.0 Å². The second-order valence-electron chi connectivity index (χ2n) is 4.17. The molecule has 0 aliphatic carbocycles. The van der Waals surface area contributed by atoms with Gasteiger partial charge in [-0.05, 0) is 24.6 Å². The molecule has 0 saturated heterocycles. The van der Waals surface area contributed by atoms with Crippen LogP contribution in [-0.4, -0.2) is 20.8 Å². The number of nitrogens with two attached hydrogens (primary N) is 1. The normalized spacial score (nSPS) is 11.6. The van der Waals surface area contributed by atoms with Gasteiger partial charge in [0.25, 0.3) is 0 Å². The molecule has 0 atom stereocenters. The fourth-order valence-electron chi connectivity index (χ4n) is 1.68. The molecule has 3 N–H and O–H groups in total. The number of oxime groups is 1. The molecule has 1 aromatic heterocycles. The van der Waals surface area contributed by atoms with Gasteiger partial charge in [-0.2, -0.15) is 5.10 Å². The number of hydrogen-bond donors (Lipinski definition) is 2. The number of aromatic nitrogens is 2. The number of halogens is 1. The van der Waals surface area contributed by atoms with Gasteiger partial charge in [0, 0.05) is 12.1 Å². The number of ether oxygens (including phenoxy) is 1. The van der Waals surface area contributed by atoms with Crippen molar-refractivity contribution >= 4 is 5.84 Å². The second-order valence-corrected chi connectivity index (χ2v) is 4.17. The summed E-state index contributed by atoms with van der Waals surface area (Å²) >= 11 is 0. The minimum Gasteiger partial charge on any atom is -0.451 e. The Hall–Kier alpha value is -2.57. The molecule has 0 amide bonds. The summed E-state index contributed by atoms with van der Waals surface area (Å²) in [5.74, 6) is -0.256. The summed E-state index contributed by atoms with van der Waals surface area (Å²) in [6.45, 7) is 2.81. The Kier molecular flexibility index (Phi) is 4.19. The van der Waals surface area contributed by atoms with Crippen LogP contribution in [0.1, 0.15) is 18.9 Å². The SMILES string of the molecule is CCCn1cc(Oc2ccc(/C(N)=N/O)cc2F)cn1. The van der Waals surface area contributed by atoms with Crippen LogP contribution in [0.4, 0.5) is 4.39 Å². The van der Waals surface area contributed by atoms with E-state index in [1.165, 1.54) is 18.3 Å². The maximum Gasteiger partial charge on any atom is 0.170 e. The summed E-state index contributed by atoms with van der Waals surface area (Å²) in [6.07, 6.45) is 4.16. The molecule has 0 saturated carbocycles. The Morgan fingerprint density at radius 2 is 2.35 bits per heavy atom. The molecule has 2 rings (SSSR count). The monoisotopic (exact) mass is 278 g/mol. The quantitative estimate of drug-likeness (QED) is 0.380. The molecule has 0 radical (unpaired) electrons. The number of aryl methyl sites for hydroxylation is 1. The molecule has 7 heteroatoms. The predicted octanol–water partition coefficient (Wildman–Crippen LogP) is 2.32. The van der Waals surface area contributed by atoms with Crippen LogP contribution in [-0.2, 0) is 6.54 Å². The lowest BCUT2D eigenvalue weighted by Gasteiger charge is -2.06. The first-order valence-corrected chi connectivity index (χ1v) is 6.11. The summed E-state index contributed by atoms with van der Waals surface area (Å²) in [4.78, 5) is 0. The van der Waals surface area contributed by atoms with E-state index in [9.17, 15) is 4.39 Å². The molecule has 0 aliphatic heterocycles. The molecule has 0 unspecified atom stereocenters. The number of nitrogens with zero attached hydrogens (tertiary/aromatic N) is 3. The zero-order chi connectivity index (χ0) is 14.5. The molecular weight excluding hydrogens is 263 g/mol. The molecule has 20 heavy (non-hydrogen) atoms. The van der Waals surface area contributed by atoms with Gasteiger partial charge in [-0.1, -0.05) is 12.1 Å². The lowest BCUT2D eigenvalue weighted by Crippen LogP contribution is -2.13. The molecular formula is C13H15FN4O2. The van der Waals surface area contributed by atoms with E-state index in [1.54, 1.807) is 10.9 Å². The van der Waals surface area contributed by atoms with Crippen LogP contribution in [0.25, 0.3) is 0 Å². The highest BCUT2D eigenvalue weighted by molar-refractivity contribution is 5.97. The van der Waals surface area contributed by atoms with E-state index in [2.05, 4.69) is 10.3 Å². The van der Waals surface area contributed by atoms with Gasteiger partial charge >= 0.3 is 0 Å². The van der Waals surface area contributed by atoms with Crippen LogP contribution >= 0.6 is 0 Å². The Morgan fingerprint density at radius 3 is 3.00 bits per heavy atom. The van der Waals surface area contributed by atoms with Gasteiger partial charge in [0.15, 0.2) is 23.2 Å². The largest absolute Gasteiger partial charge is 0.451 e. The Labute approximate surface area is 115 Å². The highest BCUT2D eigenvalue weighted by Gasteiger charge is 2.09. The van der Waals surface area contributed by atoms with Crippen molar-refractivity contribution < 1.29 is 14.3 Å². The van der Waals surface area contributed by atoms with E-state index in [0.717, 1.165) is 19.0 Å². The third kappa shape index (κ3) is 3.05. The summed E-state index contributed by atoms with van der Waals surface area (Å²) in [5, 5.41) is 15.4. The third-order valence-electron chi connectivity index (χ3n) is 2.63. The smallest absolute Gasteiger partial charge is 0.170 e. The number of hydrogen-bond acceptors (Lipinski definition) is 4. The van der Waals surface area contributed by atoms with E-state index >= 15 is 0 Å². The average molecular weight is 278 g/mol. The first-order valence-electron chi connectivity index (χ1n) is 6.11. The maximum absolute atomic E-state index is 13.8. The van der Waals surface area contributed by atoms with Crippen molar-refractivity contribution in [1.82, 2.24) is 9.78 Å². The number of amidine groups is 1. The van der Waals surface area contributed by atoms with Gasteiger partial charge in [0.05, 0.1) is 12.4 Å². The van der Waals surface area contributed by atoms with Crippen LogP contribution in [0.5, 0.6) is 11.5 Å². The molecule has 0 spiro atoms. The van der Waals surface area contributed by atoms with Gasteiger partial charge in [0.2, 0.25) is 0 Å². The topological polar surface area (TPSA) is 85.7 Å². The van der Waals surface area contributed by atoms with E-state index in [0.29, 0.717) is 5.75 Å². The van der Waals surface area contributed by atoms with Gasteiger partial charge in [-0.3, -0.25) is 4.68 Å². The van der Waals surface area contributed by atoms with Gasteiger partial charge in [0.1, 0.15) is 0 Å². The molecule has 1 heterocycles. The third-order valence-corrected chi connectivity index (χ3v) is 2.63. The van der Waals surface area contributed by atoms with Crippen LogP contribution in [0.2, 0.25) is 0 Å². The first-order chi connectivity index (χ1) is 9.63. The van der Waals surface area contributed by atoms with E-state index in [1.807, 2.05) is 6.92 Å². The summed E-state index contributed by atoms with van der Waals surface area (Å²) in [7, 11) is 0. The Balaban J connectivity index is 2.16. The van der Waals surface area contributed by atoms with E-state index < -0.39 is 5.82 Å². The first kappa shape index (κ1) is 13.9. The van der Waals surface area contributed by atoms with Crippen molar-refractivity contribution in [2.75, 3.05) is 0 Å².